The SMILES string of the molecule is CN(c1ccc2ccccc2c1)C1CCCCC1. The van der Waals surface area contributed by atoms with Crippen LogP contribution in [0.15, 0.2) is 42.5 Å². The maximum absolute atomic E-state index is 2.48. The quantitative estimate of drug-likeness (QED) is 0.739. The Bertz CT molecular complexity index is 526. The molecule has 1 aliphatic rings. The van der Waals surface area contributed by atoms with E-state index in [4.69, 9.17) is 0 Å². The molecule has 2 aromatic rings. The molecule has 1 saturated carbocycles. The molecule has 1 fully saturated rings. The zero-order valence-corrected chi connectivity index (χ0v) is 11.1. The molecule has 1 aliphatic carbocycles. The fraction of sp³-hybridized carbons (Fsp3) is 0.412. The lowest BCUT2D eigenvalue weighted by atomic mass is 9.94. The first-order valence-electron chi connectivity index (χ1n) is 7.06. The van der Waals surface area contributed by atoms with Gasteiger partial charge in [0.05, 0.1) is 0 Å². The van der Waals surface area contributed by atoms with Gasteiger partial charge in [-0.2, -0.15) is 0 Å². The van der Waals surface area contributed by atoms with E-state index in [9.17, 15) is 0 Å². The van der Waals surface area contributed by atoms with Crippen LogP contribution in [-0.2, 0) is 0 Å². The zero-order chi connectivity index (χ0) is 12.4. The van der Waals surface area contributed by atoms with E-state index in [-0.39, 0.29) is 0 Å². The summed E-state index contributed by atoms with van der Waals surface area (Å²) in [4.78, 5) is 2.48. The second-order valence-electron chi connectivity index (χ2n) is 5.43. The summed E-state index contributed by atoms with van der Waals surface area (Å²) in [5.74, 6) is 0. The van der Waals surface area contributed by atoms with Crippen LogP contribution in [0.3, 0.4) is 0 Å². The standard InChI is InChI=1S/C17H21N/c1-18(16-9-3-2-4-10-16)17-12-11-14-7-5-6-8-15(14)13-17/h5-8,11-13,16H,2-4,9-10H2,1H3. The van der Waals surface area contributed by atoms with Gasteiger partial charge < -0.3 is 4.90 Å². The van der Waals surface area contributed by atoms with Gasteiger partial charge in [0.2, 0.25) is 0 Å². The zero-order valence-electron chi connectivity index (χ0n) is 11.1. The summed E-state index contributed by atoms with van der Waals surface area (Å²) < 4.78 is 0. The molecular formula is C17H21N. The van der Waals surface area contributed by atoms with E-state index in [1.807, 2.05) is 0 Å². The largest absolute Gasteiger partial charge is 0.372 e. The first-order chi connectivity index (χ1) is 8.84. The van der Waals surface area contributed by atoms with E-state index < -0.39 is 0 Å². The monoisotopic (exact) mass is 239 g/mol. The van der Waals surface area contributed by atoms with E-state index in [1.54, 1.807) is 0 Å². The summed E-state index contributed by atoms with van der Waals surface area (Å²) in [6.45, 7) is 0. The Balaban J connectivity index is 1.88. The number of nitrogens with zero attached hydrogens (tertiary/aromatic N) is 1. The van der Waals surface area contributed by atoms with Crippen molar-refractivity contribution in [2.75, 3.05) is 11.9 Å². The molecule has 3 rings (SSSR count). The van der Waals surface area contributed by atoms with Crippen LogP contribution in [0.5, 0.6) is 0 Å². The molecule has 0 amide bonds. The predicted octanol–water partition coefficient (Wildman–Crippen LogP) is 4.61. The van der Waals surface area contributed by atoms with Gasteiger partial charge in [0, 0.05) is 18.8 Å². The molecule has 0 N–H and O–H groups in total. The molecular weight excluding hydrogens is 218 g/mol. The maximum atomic E-state index is 2.48. The van der Waals surface area contributed by atoms with Gasteiger partial charge in [-0.05, 0) is 35.7 Å². The molecule has 18 heavy (non-hydrogen) atoms. The first kappa shape index (κ1) is 11.6. The van der Waals surface area contributed by atoms with Crippen LogP contribution < -0.4 is 4.90 Å². The second kappa shape index (κ2) is 5.01. The topological polar surface area (TPSA) is 3.24 Å². The van der Waals surface area contributed by atoms with Crippen LogP contribution in [0.2, 0.25) is 0 Å². The molecule has 94 valence electrons. The lowest BCUT2D eigenvalue weighted by Crippen LogP contribution is -2.33. The Morgan fingerprint density at radius 3 is 2.39 bits per heavy atom. The molecule has 1 heteroatoms. The van der Waals surface area contributed by atoms with Gasteiger partial charge in [-0.25, -0.2) is 0 Å². The predicted molar refractivity (Wildman–Crippen MR) is 79.2 cm³/mol. The highest BCUT2D eigenvalue weighted by atomic mass is 15.1. The second-order valence-corrected chi connectivity index (χ2v) is 5.43. The van der Waals surface area contributed by atoms with Crippen molar-refractivity contribution < 1.29 is 0 Å². The summed E-state index contributed by atoms with van der Waals surface area (Å²) in [6, 6.07) is 16.2. The van der Waals surface area contributed by atoms with Crippen molar-refractivity contribution in [1.29, 1.82) is 0 Å². The molecule has 0 spiro atoms. The van der Waals surface area contributed by atoms with E-state index in [2.05, 4.69) is 54.4 Å². The lowest BCUT2D eigenvalue weighted by Gasteiger charge is -2.33. The van der Waals surface area contributed by atoms with Gasteiger partial charge in [-0.15, -0.1) is 0 Å². The molecule has 0 radical (unpaired) electrons. The minimum Gasteiger partial charge on any atom is -0.372 e. The Labute approximate surface area is 109 Å². The average Bonchev–Trinajstić information content (AvgIpc) is 2.47. The van der Waals surface area contributed by atoms with Crippen molar-refractivity contribution >= 4 is 16.5 Å². The third-order valence-corrected chi connectivity index (χ3v) is 4.26. The fourth-order valence-corrected chi connectivity index (χ4v) is 3.08. The molecule has 0 unspecified atom stereocenters. The van der Waals surface area contributed by atoms with Gasteiger partial charge in [-0.3, -0.25) is 0 Å². The van der Waals surface area contributed by atoms with Gasteiger partial charge in [0.1, 0.15) is 0 Å². The van der Waals surface area contributed by atoms with Gasteiger partial charge >= 0.3 is 0 Å². The first-order valence-corrected chi connectivity index (χ1v) is 7.06. The fourth-order valence-electron chi connectivity index (χ4n) is 3.08. The molecule has 0 aliphatic heterocycles. The molecule has 0 heterocycles. The minimum absolute atomic E-state index is 0.736. The van der Waals surface area contributed by atoms with E-state index >= 15 is 0 Å². The Hall–Kier alpha value is -1.50. The smallest absolute Gasteiger partial charge is 0.0372 e. The average molecular weight is 239 g/mol. The number of benzene rings is 2. The number of anilines is 1. The molecule has 1 nitrogen and oxygen atoms in total. The number of hydrogen-bond donors (Lipinski definition) is 0. The summed E-state index contributed by atoms with van der Waals surface area (Å²) in [5, 5.41) is 2.68. The van der Waals surface area contributed by atoms with Crippen molar-refractivity contribution in [2.24, 2.45) is 0 Å². The molecule has 0 aromatic heterocycles. The molecule has 0 saturated heterocycles. The van der Waals surface area contributed by atoms with Crippen molar-refractivity contribution in [3.8, 4) is 0 Å². The van der Waals surface area contributed by atoms with E-state index in [0.717, 1.165) is 6.04 Å². The lowest BCUT2D eigenvalue weighted by molar-refractivity contribution is 0.427. The van der Waals surface area contributed by atoms with E-state index in [0.29, 0.717) is 0 Å². The third-order valence-electron chi connectivity index (χ3n) is 4.26. The van der Waals surface area contributed by atoms with Crippen LogP contribution in [0, 0.1) is 0 Å². The third kappa shape index (κ3) is 2.22. The summed E-state index contributed by atoms with van der Waals surface area (Å²) >= 11 is 0. The van der Waals surface area contributed by atoms with Crippen molar-refractivity contribution in [3.05, 3.63) is 42.5 Å². The van der Waals surface area contributed by atoms with Gasteiger partial charge in [0.15, 0.2) is 0 Å². The Morgan fingerprint density at radius 1 is 0.889 bits per heavy atom. The van der Waals surface area contributed by atoms with Crippen LogP contribution in [-0.4, -0.2) is 13.1 Å². The van der Waals surface area contributed by atoms with Crippen molar-refractivity contribution in [1.82, 2.24) is 0 Å². The van der Waals surface area contributed by atoms with Crippen molar-refractivity contribution in [2.45, 2.75) is 38.1 Å². The molecule has 2 aromatic carbocycles. The number of hydrogen-bond acceptors (Lipinski definition) is 1. The summed E-state index contributed by atoms with van der Waals surface area (Å²) in [7, 11) is 2.25. The van der Waals surface area contributed by atoms with Crippen LogP contribution in [0.1, 0.15) is 32.1 Å². The van der Waals surface area contributed by atoms with Gasteiger partial charge in [0.25, 0.3) is 0 Å². The number of rotatable bonds is 2. The minimum atomic E-state index is 0.736. The van der Waals surface area contributed by atoms with Crippen LogP contribution in [0.25, 0.3) is 10.8 Å². The van der Waals surface area contributed by atoms with Crippen LogP contribution in [0.4, 0.5) is 5.69 Å². The Kier molecular flexibility index (Phi) is 3.22. The normalized spacial score (nSPS) is 16.9. The Morgan fingerprint density at radius 2 is 1.61 bits per heavy atom. The van der Waals surface area contributed by atoms with E-state index in [1.165, 1.54) is 48.6 Å². The highest BCUT2D eigenvalue weighted by Gasteiger charge is 2.18. The summed E-state index contributed by atoms with van der Waals surface area (Å²) in [6.07, 6.45) is 6.90. The van der Waals surface area contributed by atoms with Gasteiger partial charge in [-0.1, -0.05) is 49.6 Å². The van der Waals surface area contributed by atoms with Crippen molar-refractivity contribution in [3.63, 3.8) is 0 Å². The number of fused-ring (bicyclic) bond motifs is 1. The molecule has 0 bridgehead atoms. The molecule has 0 atom stereocenters. The highest BCUT2D eigenvalue weighted by molar-refractivity contribution is 5.85. The maximum Gasteiger partial charge on any atom is 0.0372 e. The summed E-state index contributed by atoms with van der Waals surface area (Å²) in [5.41, 5.74) is 1.36. The van der Waals surface area contributed by atoms with Crippen LogP contribution >= 0.6 is 0 Å². The highest BCUT2D eigenvalue weighted by Crippen LogP contribution is 2.28.